The van der Waals surface area contributed by atoms with Gasteiger partial charge in [-0.25, -0.2) is 4.39 Å². The van der Waals surface area contributed by atoms with Crippen molar-refractivity contribution in [3.05, 3.63) is 36.5 Å². The quantitative estimate of drug-likeness (QED) is 0.505. The highest BCUT2D eigenvalue weighted by molar-refractivity contribution is 8.00. The molecule has 2 nitrogen and oxygen atoms in total. The molecule has 0 aromatic rings. The van der Waals surface area contributed by atoms with Gasteiger partial charge < -0.3 is 5.11 Å². The first-order valence-corrected chi connectivity index (χ1v) is 8.56. The number of carboxylic acid groups (broad SMARTS) is 1. The smallest absolute Gasteiger partial charge is 0.316 e. The van der Waals surface area contributed by atoms with Crippen molar-refractivity contribution in [1.82, 2.24) is 0 Å². The topological polar surface area (TPSA) is 37.3 Å². The van der Waals surface area contributed by atoms with Gasteiger partial charge in [-0.1, -0.05) is 43.4 Å². The van der Waals surface area contributed by atoms with Crippen molar-refractivity contribution >= 4 is 17.7 Å². The molecule has 0 aromatic carbocycles. The Morgan fingerprint density at radius 1 is 1.14 bits per heavy atom. The Labute approximate surface area is 132 Å². The summed E-state index contributed by atoms with van der Waals surface area (Å²) in [6, 6.07) is 0. The molecule has 0 amide bonds. The van der Waals surface area contributed by atoms with E-state index in [1.807, 2.05) is 12.2 Å². The fourth-order valence-corrected chi connectivity index (χ4v) is 2.40. The normalized spacial score (nSPS) is 15.2. The van der Waals surface area contributed by atoms with Crippen LogP contribution in [0, 0.1) is 0 Å². The second kappa shape index (κ2) is 13.9. The summed E-state index contributed by atoms with van der Waals surface area (Å²) in [5.74, 6) is -0.289. The summed E-state index contributed by atoms with van der Waals surface area (Å²) in [4.78, 5) is 10.6. The minimum Gasteiger partial charge on any atom is -0.480 e. The number of rotatable bonds is 12. The van der Waals surface area contributed by atoms with Gasteiger partial charge in [-0.2, -0.15) is 0 Å². The van der Waals surface area contributed by atoms with E-state index < -0.39 is 17.4 Å². The molecule has 0 rings (SSSR count). The highest BCUT2D eigenvalue weighted by Crippen LogP contribution is 2.15. The molecular weight excluding hydrogens is 286 g/mol. The Bertz CT molecular complexity index is 351. The number of aliphatic carboxylic acids is 1. The van der Waals surface area contributed by atoms with Crippen molar-refractivity contribution in [2.45, 2.75) is 57.4 Å². The molecule has 0 saturated heterocycles. The van der Waals surface area contributed by atoms with Crippen molar-refractivity contribution in [1.29, 1.82) is 0 Å². The molecular formula is C17H27FO2S. The number of halogens is 1. The summed E-state index contributed by atoms with van der Waals surface area (Å²) < 4.78 is 13.5. The molecule has 0 spiro atoms. The van der Waals surface area contributed by atoms with E-state index in [0.29, 0.717) is 18.6 Å². The van der Waals surface area contributed by atoms with E-state index in [1.54, 1.807) is 6.92 Å². The maximum atomic E-state index is 13.5. The first kappa shape index (κ1) is 20.0. The van der Waals surface area contributed by atoms with Crippen LogP contribution in [-0.4, -0.2) is 28.3 Å². The largest absolute Gasteiger partial charge is 0.480 e. The van der Waals surface area contributed by atoms with Crippen molar-refractivity contribution in [3.63, 3.8) is 0 Å². The summed E-state index contributed by atoms with van der Waals surface area (Å²) in [5.41, 5.74) is 0. The average Bonchev–Trinajstić information content (AvgIpc) is 2.45. The fourth-order valence-electron chi connectivity index (χ4n) is 1.51. The molecule has 0 bridgehead atoms. The first-order chi connectivity index (χ1) is 10.1. The summed E-state index contributed by atoms with van der Waals surface area (Å²) in [7, 11) is 0. The third-order valence-electron chi connectivity index (χ3n) is 2.82. The van der Waals surface area contributed by atoms with E-state index in [0.717, 1.165) is 19.3 Å². The third-order valence-corrected chi connectivity index (χ3v) is 3.99. The maximum Gasteiger partial charge on any atom is 0.316 e. The van der Waals surface area contributed by atoms with Crippen molar-refractivity contribution < 1.29 is 14.3 Å². The lowest BCUT2D eigenvalue weighted by molar-refractivity contribution is -0.136. The Morgan fingerprint density at radius 3 is 2.29 bits per heavy atom. The molecule has 0 aliphatic heterocycles. The molecule has 0 radical (unpaired) electrons. The van der Waals surface area contributed by atoms with Crippen LogP contribution >= 0.6 is 11.8 Å². The first-order valence-electron chi connectivity index (χ1n) is 7.51. The maximum absolute atomic E-state index is 13.5. The predicted molar refractivity (Wildman–Crippen MR) is 90.6 cm³/mol. The molecule has 120 valence electrons. The molecule has 0 saturated carbocycles. The van der Waals surface area contributed by atoms with E-state index in [1.165, 1.54) is 11.8 Å². The zero-order valence-corrected chi connectivity index (χ0v) is 13.8. The molecule has 0 fully saturated rings. The Kier molecular flexibility index (Phi) is 13.2. The van der Waals surface area contributed by atoms with Gasteiger partial charge in [0.15, 0.2) is 0 Å². The molecule has 4 heteroatoms. The number of alkyl halides is 1. The summed E-state index contributed by atoms with van der Waals surface area (Å²) in [6.45, 7) is 3.74. The molecule has 1 N–H and O–H groups in total. The van der Waals surface area contributed by atoms with Crippen LogP contribution in [0.5, 0.6) is 0 Å². The predicted octanol–water partition coefficient (Wildman–Crippen LogP) is 5.17. The zero-order chi connectivity index (χ0) is 15.9. The van der Waals surface area contributed by atoms with E-state index in [-0.39, 0.29) is 0 Å². The van der Waals surface area contributed by atoms with Crippen LogP contribution in [-0.2, 0) is 4.79 Å². The zero-order valence-electron chi connectivity index (χ0n) is 13.0. The lowest BCUT2D eigenvalue weighted by atomic mass is 10.2. The van der Waals surface area contributed by atoms with Crippen molar-refractivity contribution in [3.8, 4) is 0 Å². The van der Waals surface area contributed by atoms with E-state index in [2.05, 4.69) is 31.2 Å². The van der Waals surface area contributed by atoms with Gasteiger partial charge >= 0.3 is 5.97 Å². The number of hydrogen-bond donors (Lipinski definition) is 1. The average molecular weight is 313 g/mol. The third kappa shape index (κ3) is 13.7. The molecule has 0 aromatic heterocycles. The highest BCUT2D eigenvalue weighted by Gasteiger charge is 2.12. The Balaban J connectivity index is 3.59. The molecule has 0 aliphatic carbocycles. The lowest BCUT2D eigenvalue weighted by Crippen LogP contribution is -2.13. The van der Waals surface area contributed by atoms with Gasteiger partial charge in [-0.05, 0) is 44.8 Å². The van der Waals surface area contributed by atoms with Gasteiger partial charge in [0.25, 0.3) is 0 Å². The minimum absolute atomic E-state index is 0.407. The molecule has 2 atom stereocenters. The lowest BCUT2D eigenvalue weighted by Gasteiger charge is -2.07. The molecule has 0 aliphatic rings. The van der Waals surface area contributed by atoms with Crippen LogP contribution in [0.15, 0.2) is 36.5 Å². The van der Waals surface area contributed by atoms with E-state index >= 15 is 0 Å². The van der Waals surface area contributed by atoms with Crippen LogP contribution in [0.1, 0.15) is 46.0 Å². The van der Waals surface area contributed by atoms with Gasteiger partial charge in [-0.15, -0.1) is 11.8 Å². The van der Waals surface area contributed by atoms with Crippen LogP contribution in [0.25, 0.3) is 0 Å². The van der Waals surface area contributed by atoms with Gasteiger partial charge in [0, 0.05) is 0 Å². The number of thioether (sulfide) groups is 1. The molecule has 0 heterocycles. The summed E-state index contributed by atoms with van der Waals surface area (Å²) in [6.07, 6.45) is 15.1. The standard InChI is InChI=1S/C17H27FO2S/c1-3-4-5-6-7-8-9-10-11-12-16(18)13-14-21-15(2)17(19)20/h4-5,7-8,10-11,15-16H,3,6,9,12-14H2,1-2H3,(H,19,20)/b5-4-,8-7-,11-10-/i18-1. The second-order valence-corrected chi connectivity index (χ2v) is 6.22. The number of carboxylic acids is 1. The SMILES string of the molecule is CC/C=C\C/C=C\C/C=C\CC([18F])CCSC(C)C(=O)O. The minimum atomic E-state index is -0.883. The van der Waals surface area contributed by atoms with Gasteiger partial charge in [0.05, 0.1) is 5.25 Å². The summed E-state index contributed by atoms with van der Waals surface area (Å²) in [5, 5.41) is 8.24. The fraction of sp³-hybridized carbons (Fsp3) is 0.588. The number of allylic oxidation sites excluding steroid dienone is 6. The second-order valence-electron chi connectivity index (χ2n) is 4.77. The number of hydrogen-bond acceptors (Lipinski definition) is 2. The van der Waals surface area contributed by atoms with Gasteiger partial charge in [0.2, 0.25) is 0 Å². The van der Waals surface area contributed by atoms with Crippen LogP contribution < -0.4 is 0 Å². The highest BCUT2D eigenvalue weighted by atomic mass is 32.2. The van der Waals surface area contributed by atoms with Crippen LogP contribution in [0.3, 0.4) is 0 Å². The molecule has 2 unspecified atom stereocenters. The van der Waals surface area contributed by atoms with Crippen LogP contribution in [0.2, 0.25) is 0 Å². The van der Waals surface area contributed by atoms with Gasteiger partial charge in [-0.3, -0.25) is 4.79 Å². The van der Waals surface area contributed by atoms with Gasteiger partial charge in [0.1, 0.15) is 6.17 Å². The Morgan fingerprint density at radius 2 is 1.71 bits per heavy atom. The van der Waals surface area contributed by atoms with E-state index in [4.69, 9.17) is 5.11 Å². The monoisotopic (exact) mass is 313 g/mol. The molecule has 21 heavy (non-hydrogen) atoms. The van der Waals surface area contributed by atoms with Crippen LogP contribution in [0.4, 0.5) is 4.39 Å². The van der Waals surface area contributed by atoms with Crippen molar-refractivity contribution in [2.75, 3.05) is 5.75 Å². The summed E-state index contributed by atoms with van der Waals surface area (Å²) >= 11 is 1.29. The van der Waals surface area contributed by atoms with E-state index in [9.17, 15) is 9.18 Å². The Hall–Kier alpha value is -1.03. The number of carbonyl (C=O) groups is 1. The van der Waals surface area contributed by atoms with Crippen molar-refractivity contribution in [2.24, 2.45) is 0 Å².